The van der Waals surface area contributed by atoms with E-state index in [0.717, 1.165) is 30.3 Å². The molecule has 0 radical (unpaired) electrons. The number of amides is 2. The zero-order valence-electron chi connectivity index (χ0n) is 16.2. The minimum atomic E-state index is -4.66. The van der Waals surface area contributed by atoms with Gasteiger partial charge in [-0.2, -0.15) is 13.2 Å². The fraction of sp³-hybridized carbons (Fsp3) is 0.143. The van der Waals surface area contributed by atoms with Crippen LogP contribution >= 0.6 is 0 Å². The van der Waals surface area contributed by atoms with Crippen LogP contribution in [0.5, 0.6) is 5.75 Å². The molecule has 0 bridgehead atoms. The van der Waals surface area contributed by atoms with Gasteiger partial charge in [0, 0.05) is 12.3 Å². The summed E-state index contributed by atoms with van der Waals surface area (Å²) < 4.78 is 53.4. The molecule has 0 spiro atoms. The Balaban J connectivity index is 2.21. The quantitative estimate of drug-likeness (QED) is 0.418. The van der Waals surface area contributed by atoms with E-state index in [9.17, 15) is 32.3 Å². The van der Waals surface area contributed by atoms with Crippen LogP contribution in [0.3, 0.4) is 0 Å². The van der Waals surface area contributed by atoms with Crippen molar-refractivity contribution >= 4 is 23.7 Å². The van der Waals surface area contributed by atoms with E-state index in [1.54, 1.807) is 13.0 Å². The van der Waals surface area contributed by atoms with Crippen LogP contribution in [0.1, 0.15) is 22.8 Å². The number of rotatable bonds is 5. The van der Waals surface area contributed by atoms with Crippen LogP contribution in [-0.2, 0) is 11.0 Å². The number of anilines is 2. The molecule has 0 aromatic heterocycles. The summed E-state index contributed by atoms with van der Waals surface area (Å²) in [5.74, 6) is -1.86. The highest BCUT2D eigenvalue weighted by Crippen LogP contribution is 2.42. The van der Waals surface area contributed by atoms with E-state index in [2.05, 4.69) is 5.32 Å². The smallest absolute Gasteiger partial charge is 0.416 e. The number of carbonyl (C=O) groups is 2. The standard InChI is InChI=1S/C21H17F4N3O3/c1-2-3-15(10-26-11-29)27-12-28(17-7-5-14(22)9-19(17)30)18-8-13(21(23,24)25)4-6-16(18)20(27)31/h2-11,30H,12H2,1H3,(H,26,29)/b3-2-,15-10+. The maximum atomic E-state index is 13.5. The number of alkyl halides is 3. The Morgan fingerprint density at radius 1 is 1.16 bits per heavy atom. The molecule has 0 atom stereocenters. The topological polar surface area (TPSA) is 72.9 Å². The molecule has 2 N–H and O–H groups in total. The van der Waals surface area contributed by atoms with Crippen LogP contribution in [0.25, 0.3) is 0 Å². The Morgan fingerprint density at radius 3 is 2.52 bits per heavy atom. The van der Waals surface area contributed by atoms with Crippen molar-refractivity contribution < 1.29 is 32.3 Å². The van der Waals surface area contributed by atoms with Crippen LogP contribution in [0.15, 0.2) is 60.4 Å². The van der Waals surface area contributed by atoms with Gasteiger partial charge >= 0.3 is 6.18 Å². The number of phenols is 1. The minimum absolute atomic E-state index is 0.00245. The molecule has 0 unspecified atom stereocenters. The van der Waals surface area contributed by atoms with E-state index >= 15 is 0 Å². The average molecular weight is 435 g/mol. The Bertz CT molecular complexity index is 1080. The van der Waals surface area contributed by atoms with Crippen molar-refractivity contribution in [3.05, 3.63) is 77.4 Å². The molecule has 2 aromatic rings. The molecule has 0 saturated heterocycles. The number of aromatic hydroxyl groups is 1. The monoisotopic (exact) mass is 435 g/mol. The highest BCUT2D eigenvalue weighted by Gasteiger charge is 2.37. The zero-order chi connectivity index (χ0) is 22.8. The second-order valence-electron chi connectivity index (χ2n) is 6.52. The molecule has 1 aliphatic rings. The number of hydrogen-bond donors (Lipinski definition) is 2. The third-order valence-corrected chi connectivity index (χ3v) is 4.55. The molecule has 2 aromatic carbocycles. The fourth-order valence-electron chi connectivity index (χ4n) is 3.18. The number of fused-ring (bicyclic) bond motifs is 1. The first-order valence-corrected chi connectivity index (χ1v) is 8.99. The first-order valence-electron chi connectivity index (χ1n) is 8.99. The van der Waals surface area contributed by atoms with E-state index in [1.807, 2.05) is 0 Å². The van der Waals surface area contributed by atoms with E-state index in [1.165, 1.54) is 28.1 Å². The van der Waals surface area contributed by atoms with Gasteiger partial charge in [-0.1, -0.05) is 6.08 Å². The van der Waals surface area contributed by atoms with Crippen LogP contribution in [0.2, 0.25) is 0 Å². The molecular weight excluding hydrogens is 418 g/mol. The largest absolute Gasteiger partial charge is 0.506 e. The van der Waals surface area contributed by atoms with Crippen molar-refractivity contribution in [3.8, 4) is 5.75 Å². The second kappa shape index (κ2) is 8.50. The predicted octanol–water partition coefficient (Wildman–Crippen LogP) is 4.27. The Kier molecular flexibility index (Phi) is 6.00. The van der Waals surface area contributed by atoms with Gasteiger partial charge in [-0.3, -0.25) is 14.5 Å². The average Bonchev–Trinajstić information content (AvgIpc) is 2.71. The molecule has 31 heavy (non-hydrogen) atoms. The van der Waals surface area contributed by atoms with Gasteiger partial charge in [0.25, 0.3) is 5.91 Å². The maximum absolute atomic E-state index is 13.5. The predicted molar refractivity (Wildman–Crippen MR) is 105 cm³/mol. The van der Waals surface area contributed by atoms with E-state index in [0.29, 0.717) is 6.41 Å². The normalized spacial score (nSPS) is 14.7. The first kappa shape index (κ1) is 21.9. The third-order valence-electron chi connectivity index (χ3n) is 4.55. The zero-order valence-corrected chi connectivity index (χ0v) is 16.2. The third kappa shape index (κ3) is 4.37. The molecule has 0 aliphatic carbocycles. The van der Waals surface area contributed by atoms with Gasteiger partial charge in [0.15, 0.2) is 0 Å². The number of phenolic OH excluding ortho intramolecular Hbond substituents is 1. The fourth-order valence-corrected chi connectivity index (χ4v) is 3.18. The number of nitrogens with one attached hydrogen (secondary N) is 1. The van der Waals surface area contributed by atoms with E-state index in [4.69, 9.17) is 0 Å². The van der Waals surface area contributed by atoms with Crippen molar-refractivity contribution in [2.24, 2.45) is 0 Å². The lowest BCUT2D eigenvalue weighted by molar-refractivity contribution is -0.137. The van der Waals surface area contributed by atoms with Crippen LogP contribution < -0.4 is 10.2 Å². The number of carbonyl (C=O) groups excluding carboxylic acids is 2. The van der Waals surface area contributed by atoms with Gasteiger partial charge in [0.1, 0.15) is 18.2 Å². The molecule has 1 aliphatic heterocycles. The number of halogens is 4. The molecule has 6 nitrogen and oxygen atoms in total. The summed E-state index contributed by atoms with van der Waals surface area (Å²) >= 11 is 0. The minimum Gasteiger partial charge on any atom is -0.506 e. The Morgan fingerprint density at radius 2 is 1.90 bits per heavy atom. The molecule has 3 rings (SSSR count). The highest BCUT2D eigenvalue weighted by atomic mass is 19.4. The molecule has 0 saturated carbocycles. The van der Waals surface area contributed by atoms with Gasteiger partial charge < -0.3 is 15.3 Å². The van der Waals surface area contributed by atoms with Crippen molar-refractivity contribution in [1.29, 1.82) is 0 Å². The summed E-state index contributed by atoms with van der Waals surface area (Å²) in [4.78, 5) is 26.2. The summed E-state index contributed by atoms with van der Waals surface area (Å²) in [7, 11) is 0. The summed E-state index contributed by atoms with van der Waals surface area (Å²) in [6.45, 7) is 1.37. The highest BCUT2D eigenvalue weighted by molar-refractivity contribution is 6.04. The molecular formula is C21H17F4N3O3. The molecule has 0 fully saturated rings. The second-order valence-corrected chi connectivity index (χ2v) is 6.52. The van der Waals surface area contributed by atoms with Crippen LogP contribution in [-0.4, -0.2) is 29.0 Å². The number of benzene rings is 2. The van der Waals surface area contributed by atoms with Gasteiger partial charge in [-0.25, -0.2) is 4.39 Å². The molecule has 10 heteroatoms. The number of hydrogen-bond acceptors (Lipinski definition) is 4. The molecule has 162 valence electrons. The van der Waals surface area contributed by atoms with Gasteiger partial charge in [-0.15, -0.1) is 0 Å². The van der Waals surface area contributed by atoms with E-state index in [-0.39, 0.29) is 29.3 Å². The van der Waals surface area contributed by atoms with E-state index < -0.39 is 29.2 Å². The summed E-state index contributed by atoms with van der Waals surface area (Å²) in [6.07, 6.45) is 0.114. The molecule has 2 amide bonds. The summed E-state index contributed by atoms with van der Waals surface area (Å²) in [6, 6.07) is 5.69. The lowest BCUT2D eigenvalue weighted by atomic mass is 10.0. The number of allylic oxidation sites excluding steroid dienone is 2. The first-order chi connectivity index (χ1) is 14.7. The van der Waals surface area contributed by atoms with Gasteiger partial charge in [-0.05, 0) is 43.3 Å². The number of nitrogens with zero attached hydrogens (tertiary/aromatic N) is 2. The Hall–Kier alpha value is -3.82. The van der Waals surface area contributed by atoms with Crippen molar-refractivity contribution in [2.75, 3.05) is 11.6 Å². The SMILES string of the molecule is C/C=C\C(=C/NC=O)N1CN(c2ccc(F)cc2O)c2cc(C(F)(F)F)ccc2C1=O. The lowest BCUT2D eigenvalue weighted by Crippen LogP contribution is -2.44. The van der Waals surface area contributed by atoms with Crippen LogP contribution in [0.4, 0.5) is 28.9 Å². The summed E-state index contributed by atoms with van der Waals surface area (Å²) in [5.41, 5.74) is -0.893. The van der Waals surface area contributed by atoms with Crippen molar-refractivity contribution in [3.63, 3.8) is 0 Å². The van der Waals surface area contributed by atoms with Gasteiger partial charge in [0.05, 0.1) is 28.2 Å². The van der Waals surface area contributed by atoms with Crippen molar-refractivity contribution in [2.45, 2.75) is 13.1 Å². The molecule has 1 heterocycles. The summed E-state index contributed by atoms with van der Waals surface area (Å²) in [5, 5.41) is 12.6. The van der Waals surface area contributed by atoms with Crippen molar-refractivity contribution in [1.82, 2.24) is 10.2 Å². The van der Waals surface area contributed by atoms with Crippen LogP contribution in [0, 0.1) is 5.82 Å². The van der Waals surface area contributed by atoms with Gasteiger partial charge in [0.2, 0.25) is 6.41 Å². The maximum Gasteiger partial charge on any atom is 0.416 e. The lowest BCUT2D eigenvalue weighted by Gasteiger charge is -2.39. The Labute approximate surface area is 174 Å².